The van der Waals surface area contributed by atoms with Crippen molar-refractivity contribution in [3.63, 3.8) is 0 Å². The van der Waals surface area contributed by atoms with Gasteiger partial charge in [-0.2, -0.15) is 0 Å². The van der Waals surface area contributed by atoms with Crippen LogP contribution in [0.25, 0.3) is 0 Å². The molecule has 0 bridgehead atoms. The first kappa shape index (κ1) is 13.6. The smallest absolute Gasteiger partial charge is 0.0321 e. The fourth-order valence-electron chi connectivity index (χ4n) is 7.49. The molecule has 0 saturated heterocycles. The van der Waals surface area contributed by atoms with Crippen LogP contribution in [-0.4, -0.2) is 0 Å². The summed E-state index contributed by atoms with van der Waals surface area (Å²) >= 11 is 0. The first-order valence-electron chi connectivity index (χ1n) is 9.58. The quantitative estimate of drug-likeness (QED) is 0.537. The maximum atomic E-state index is 2.59. The fraction of sp³-hybridized carbons (Fsp3) is 1.00. The Balaban J connectivity index is 1.68. The second-order valence-electron chi connectivity index (χ2n) is 9.30. The molecule has 0 aliphatic heterocycles. The molecule has 0 nitrogen and oxygen atoms in total. The van der Waals surface area contributed by atoms with Crippen LogP contribution < -0.4 is 0 Å². The Bertz CT molecular complexity index is 336. The molecule has 114 valence electrons. The zero-order chi connectivity index (χ0) is 14.0. The first-order chi connectivity index (χ1) is 9.58. The molecule has 0 amide bonds. The van der Waals surface area contributed by atoms with Crippen molar-refractivity contribution in [1.29, 1.82) is 0 Å². The minimum atomic E-state index is 0.995. The molecule has 0 spiro atoms. The Morgan fingerprint density at radius 2 is 0.950 bits per heavy atom. The number of hydrogen-bond acceptors (Lipinski definition) is 0. The van der Waals surface area contributed by atoms with Gasteiger partial charge in [0.1, 0.15) is 0 Å². The summed E-state index contributed by atoms with van der Waals surface area (Å²) in [5.74, 6) is 10.7. The summed E-state index contributed by atoms with van der Waals surface area (Å²) in [6, 6.07) is 0. The van der Waals surface area contributed by atoms with E-state index in [1.54, 1.807) is 38.5 Å². The van der Waals surface area contributed by atoms with Gasteiger partial charge in [-0.1, -0.05) is 27.7 Å². The van der Waals surface area contributed by atoms with E-state index >= 15 is 0 Å². The van der Waals surface area contributed by atoms with Crippen LogP contribution in [-0.2, 0) is 0 Å². The molecular weight excluding hydrogens is 240 g/mol. The van der Waals surface area contributed by atoms with E-state index < -0.39 is 0 Å². The second-order valence-corrected chi connectivity index (χ2v) is 9.30. The average Bonchev–Trinajstić information content (AvgIpc) is 2.44. The molecular formula is C20H34. The molecule has 0 radical (unpaired) electrons. The van der Waals surface area contributed by atoms with E-state index in [1.165, 1.54) is 0 Å². The van der Waals surface area contributed by atoms with Crippen LogP contribution in [0.15, 0.2) is 0 Å². The topological polar surface area (TPSA) is 0 Å². The van der Waals surface area contributed by atoms with Crippen molar-refractivity contribution < 1.29 is 0 Å². The monoisotopic (exact) mass is 274 g/mol. The summed E-state index contributed by atoms with van der Waals surface area (Å²) in [5.41, 5.74) is 0. The molecule has 4 fully saturated rings. The maximum absolute atomic E-state index is 2.59. The Morgan fingerprint density at radius 3 is 1.35 bits per heavy atom. The number of rotatable bonds is 0. The third kappa shape index (κ3) is 1.78. The first-order valence-corrected chi connectivity index (χ1v) is 9.58. The summed E-state index contributed by atoms with van der Waals surface area (Å²) in [6.45, 7) is 10.3. The highest BCUT2D eigenvalue weighted by Gasteiger charge is 2.56. The summed E-state index contributed by atoms with van der Waals surface area (Å²) in [7, 11) is 0. The lowest BCUT2D eigenvalue weighted by Crippen LogP contribution is -2.55. The van der Waals surface area contributed by atoms with Gasteiger partial charge in [-0.15, -0.1) is 0 Å². The van der Waals surface area contributed by atoms with E-state index in [0.717, 1.165) is 59.2 Å². The molecule has 0 aromatic carbocycles. The van der Waals surface area contributed by atoms with Gasteiger partial charge < -0.3 is 0 Å². The van der Waals surface area contributed by atoms with Crippen LogP contribution in [0.5, 0.6) is 0 Å². The highest BCUT2D eigenvalue weighted by Crippen LogP contribution is 2.63. The summed E-state index contributed by atoms with van der Waals surface area (Å²) in [4.78, 5) is 0. The summed E-state index contributed by atoms with van der Waals surface area (Å²) < 4.78 is 0. The average molecular weight is 274 g/mol. The van der Waals surface area contributed by atoms with E-state index in [1.807, 2.05) is 0 Å². The van der Waals surface area contributed by atoms with E-state index in [9.17, 15) is 0 Å². The zero-order valence-electron chi connectivity index (χ0n) is 14.0. The molecule has 0 aromatic rings. The lowest BCUT2D eigenvalue weighted by Gasteiger charge is -2.62. The van der Waals surface area contributed by atoms with Crippen LogP contribution in [0.1, 0.15) is 66.2 Å². The van der Waals surface area contributed by atoms with Gasteiger partial charge in [0.15, 0.2) is 0 Å². The van der Waals surface area contributed by atoms with E-state index in [4.69, 9.17) is 0 Å². The summed E-state index contributed by atoms with van der Waals surface area (Å²) in [5, 5.41) is 0. The lowest BCUT2D eigenvalue weighted by atomic mass is 9.43. The minimum absolute atomic E-state index is 0.995. The van der Waals surface area contributed by atoms with E-state index in [0.29, 0.717) is 0 Å². The molecule has 0 heteroatoms. The molecule has 0 N–H and O–H groups in total. The van der Waals surface area contributed by atoms with Crippen molar-refractivity contribution in [1.82, 2.24) is 0 Å². The third-order valence-corrected chi connectivity index (χ3v) is 8.76. The minimum Gasteiger partial charge on any atom is -0.0622 e. The van der Waals surface area contributed by atoms with Crippen molar-refractivity contribution in [3.8, 4) is 0 Å². The molecule has 4 aliphatic carbocycles. The molecule has 20 heavy (non-hydrogen) atoms. The van der Waals surface area contributed by atoms with Crippen molar-refractivity contribution in [2.24, 2.45) is 59.2 Å². The second kappa shape index (κ2) is 4.75. The number of hydrogen-bond donors (Lipinski definition) is 0. The largest absolute Gasteiger partial charge is 0.0622 e. The van der Waals surface area contributed by atoms with Crippen LogP contribution in [0.4, 0.5) is 0 Å². The highest BCUT2D eigenvalue weighted by atomic mass is 14.6. The fourth-order valence-corrected chi connectivity index (χ4v) is 7.49. The van der Waals surface area contributed by atoms with Gasteiger partial charge in [0, 0.05) is 0 Å². The third-order valence-electron chi connectivity index (χ3n) is 8.76. The van der Waals surface area contributed by atoms with Gasteiger partial charge in [0.25, 0.3) is 0 Å². The molecule has 10 atom stereocenters. The molecule has 4 saturated carbocycles. The molecule has 4 rings (SSSR count). The van der Waals surface area contributed by atoms with Crippen molar-refractivity contribution >= 4 is 0 Å². The van der Waals surface area contributed by atoms with Crippen LogP contribution in [0, 0.1) is 59.2 Å². The SMILES string of the molecule is CC1CC2CCC3C(C)C(C)CC4CCC(C1C)C2C43. The van der Waals surface area contributed by atoms with E-state index in [-0.39, 0.29) is 0 Å². The predicted octanol–water partition coefficient (Wildman–Crippen LogP) is 5.62. The molecule has 10 unspecified atom stereocenters. The van der Waals surface area contributed by atoms with Gasteiger partial charge >= 0.3 is 0 Å². The van der Waals surface area contributed by atoms with Gasteiger partial charge in [0.2, 0.25) is 0 Å². The Hall–Kier alpha value is 0. The summed E-state index contributed by atoms with van der Waals surface area (Å²) in [6.07, 6.45) is 9.40. The van der Waals surface area contributed by atoms with Crippen LogP contribution >= 0.6 is 0 Å². The maximum Gasteiger partial charge on any atom is -0.0321 e. The molecule has 4 aliphatic rings. The Labute approximate surface area is 126 Å². The Kier molecular flexibility index (Phi) is 3.24. The van der Waals surface area contributed by atoms with Gasteiger partial charge in [0.05, 0.1) is 0 Å². The van der Waals surface area contributed by atoms with Crippen LogP contribution in [0.2, 0.25) is 0 Å². The Morgan fingerprint density at radius 1 is 0.550 bits per heavy atom. The highest BCUT2D eigenvalue weighted by molar-refractivity contribution is 5.04. The van der Waals surface area contributed by atoms with Gasteiger partial charge in [-0.25, -0.2) is 0 Å². The van der Waals surface area contributed by atoms with Crippen molar-refractivity contribution in [3.05, 3.63) is 0 Å². The van der Waals surface area contributed by atoms with E-state index in [2.05, 4.69) is 27.7 Å². The van der Waals surface area contributed by atoms with Crippen LogP contribution in [0.3, 0.4) is 0 Å². The van der Waals surface area contributed by atoms with Gasteiger partial charge in [-0.3, -0.25) is 0 Å². The zero-order valence-corrected chi connectivity index (χ0v) is 14.0. The molecule has 0 heterocycles. The standard InChI is InChI=1S/C20H34/c1-11-9-15-5-8-18-14(4)12(2)10-16-6-7-17(13(11)3)19(15)20(16)18/h11-20H,5-10H2,1-4H3. The normalized spacial score (nSPS) is 61.8. The van der Waals surface area contributed by atoms with Gasteiger partial charge in [-0.05, 0) is 97.7 Å². The predicted molar refractivity (Wildman–Crippen MR) is 85.3 cm³/mol. The lowest BCUT2D eigenvalue weighted by molar-refractivity contribution is -0.132. The van der Waals surface area contributed by atoms with Crippen molar-refractivity contribution in [2.45, 2.75) is 66.2 Å². The molecule has 0 aromatic heterocycles. The van der Waals surface area contributed by atoms with Crippen molar-refractivity contribution in [2.75, 3.05) is 0 Å².